The molecule has 1 aliphatic rings. The van der Waals surface area contributed by atoms with Crippen LogP contribution in [0.5, 0.6) is 0 Å². The Labute approximate surface area is 136 Å². The Balaban J connectivity index is 2.26. The number of hydrogen-bond acceptors (Lipinski definition) is 7. The van der Waals surface area contributed by atoms with E-state index in [-0.39, 0.29) is 23.3 Å². The summed E-state index contributed by atoms with van der Waals surface area (Å²) >= 11 is 0. The summed E-state index contributed by atoms with van der Waals surface area (Å²) in [6.07, 6.45) is 1.21. The van der Waals surface area contributed by atoms with Gasteiger partial charge in [-0.1, -0.05) is 12.1 Å². The highest BCUT2D eigenvalue weighted by atomic mass is 32.2. The molecule has 0 amide bonds. The van der Waals surface area contributed by atoms with Crippen LogP contribution in [-0.2, 0) is 26.0 Å². The van der Waals surface area contributed by atoms with Crippen molar-refractivity contribution in [2.75, 3.05) is 13.2 Å². The van der Waals surface area contributed by atoms with Crippen molar-refractivity contribution in [2.45, 2.75) is 57.5 Å². The molecule has 1 saturated heterocycles. The zero-order chi connectivity index (χ0) is 17.3. The Morgan fingerprint density at radius 2 is 2.09 bits per heavy atom. The molecule has 0 bridgehead atoms. The predicted molar refractivity (Wildman–Crippen MR) is 81.0 cm³/mol. The SMILES string of the molecule is CCOC(=O)CC1CCN(S(=O)(=O)c2nonc2CC)C1(C)C. The van der Waals surface area contributed by atoms with E-state index in [9.17, 15) is 13.2 Å². The van der Waals surface area contributed by atoms with Crippen molar-refractivity contribution in [3.8, 4) is 0 Å². The van der Waals surface area contributed by atoms with Gasteiger partial charge in [0.25, 0.3) is 10.0 Å². The van der Waals surface area contributed by atoms with Crippen LogP contribution in [0, 0.1) is 5.92 Å². The quantitative estimate of drug-likeness (QED) is 0.717. The molecule has 1 unspecified atom stereocenters. The van der Waals surface area contributed by atoms with Gasteiger partial charge in [-0.15, -0.1) is 0 Å². The first-order valence-corrected chi connectivity index (χ1v) is 9.19. The van der Waals surface area contributed by atoms with Gasteiger partial charge in [0.15, 0.2) is 0 Å². The Kier molecular flexibility index (Phi) is 5.10. The summed E-state index contributed by atoms with van der Waals surface area (Å²) in [5.74, 6) is -0.413. The van der Waals surface area contributed by atoms with Gasteiger partial charge in [-0.25, -0.2) is 13.0 Å². The molecule has 1 aromatic heterocycles. The van der Waals surface area contributed by atoms with Crippen molar-refractivity contribution in [3.63, 3.8) is 0 Å². The molecule has 1 aliphatic heterocycles. The van der Waals surface area contributed by atoms with Crippen LogP contribution in [-0.4, -0.2) is 47.7 Å². The second kappa shape index (κ2) is 6.56. The number of rotatable bonds is 6. The maximum absolute atomic E-state index is 12.9. The highest BCUT2D eigenvalue weighted by molar-refractivity contribution is 7.89. The lowest BCUT2D eigenvalue weighted by atomic mass is 9.87. The molecular formula is C14H23N3O5S. The molecule has 9 heteroatoms. The average Bonchev–Trinajstić information content (AvgIpc) is 3.05. The second-order valence-corrected chi connectivity index (χ2v) is 7.87. The Bertz CT molecular complexity index is 668. The minimum atomic E-state index is -3.81. The lowest BCUT2D eigenvalue weighted by molar-refractivity contribution is -0.144. The molecule has 0 spiro atoms. The molecule has 8 nitrogen and oxygen atoms in total. The first-order valence-electron chi connectivity index (χ1n) is 7.75. The van der Waals surface area contributed by atoms with Crippen molar-refractivity contribution >= 4 is 16.0 Å². The second-order valence-electron chi connectivity index (χ2n) is 6.10. The fourth-order valence-electron chi connectivity index (χ4n) is 3.04. The normalized spacial score (nSPS) is 21.5. The van der Waals surface area contributed by atoms with Crippen molar-refractivity contribution < 1.29 is 22.6 Å². The van der Waals surface area contributed by atoms with Crippen LogP contribution in [0.1, 0.15) is 46.2 Å². The van der Waals surface area contributed by atoms with Crippen molar-refractivity contribution in [2.24, 2.45) is 5.92 Å². The summed E-state index contributed by atoms with van der Waals surface area (Å²) < 4.78 is 36.8. The summed E-state index contributed by atoms with van der Waals surface area (Å²) in [4.78, 5) is 11.7. The van der Waals surface area contributed by atoms with E-state index in [1.165, 1.54) is 4.31 Å². The van der Waals surface area contributed by atoms with Gasteiger partial charge in [0, 0.05) is 12.1 Å². The summed E-state index contributed by atoms with van der Waals surface area (Å²) in [6, 6.07) is 0. The maximum atomic E-state index is 12.9. The van der Waals surface area contributed by atoms with E-state index in [4.69, 9.17) is 4.74 Å². The first kappa shape index (κ1) is 17.9. The van der Waals surface area contributed by atoms with E-state index in [1.54, 1.807) is 13.8 Å². The van der Waals surface area contributed by atoms with Crippen molar-refractivity contribution in [1.29, 1.82) is 0 Å². The number of esters is 1. The number of ether oxygens (including phenoxy) is 1. The lowest BCUT2D eigenvalue weighted by Gasteiger charge is -2.34. The minimum Gasteiger partial charge on any atom is -0.466 e. The summed E-state index contributed by atoms with van der Waals surface area (Å²) in [6.45, 7) is 7.82. The van der Waals surface area contributed by atoms with Crippen LogP contribution < -0.4 is 0 Å². The summed E-state index contributed by atoms with van der Waals surface area (Å²) in [7, 11) is -3.81. The zero-order valence-electron chi connectivity index (χ0n) is 13.9. The van der Waals surface area contributed by atoms with Crippen molar-refractivity contribution in [3.05, 3.63) is 5.69 Å². The number of carbonyl (C=O) groups excluding carboxylic acids is 1. The number of hydrogen-bond donors (Lipinski definition) is 0. The van der Waals surface area contributed by atoms with Gasteiger partial charge in [-0.2, -0.15) is 4.31 Å². The van der Waals surface area contributed by atoms with Crippen LogP contribution in [0.15, 0.2) is 9.65 Å². The smallest absolute Gasteiger partial charge is 0.306 e. The van der Waals surface area contributed by atoms with Crippen LogP contribution >= 0.6 is 0 Å². The Morgan fingerprint density at radius 1 is 1.39 bits per heavy atom. The molecule has 2 rings (SSSR count). The highest BCUT2D eigenvalue weighted by Crippen LogP contribution is 2.40. The molecule has 1 atom stereocenters. The fraction of sp³-hybridized carbons (Fsp3) is 0.786. The number of carbonyl (C=O) groups is 1. The zero-order valence-corrected chi connectivity index (χ0v) is 14.7. The third-order valence-corrected chi connectivity index (χ3v) is 6.46. The molecule has 0 aliphatic carbocycles. The van der Waals surface area contributed by atoms with Gasteiger partial charge in [0.2, 0.25) is 5.03 Å². The molecule has 1 aromatic rings. The van der Waals surface area contributed by atoms with E-state index < -0.39 is 15.6 Å². The average molecular weight is 345 g/mol. The number of nitrogens with zero attached hydrogens (tertiary/aromatic N) is 3. The summed E-state index contributed by atoms with van der Waals surface area (Å²) in [5, 5.41) is 7.09. The van der Waals surface area contributed by atoms with E-state index in [0.29, 0.717) is 31.7 Å². The van der Waals surface area contributed by atoms with Crippen LogP contribution in [0.25, 0.3) is 0 Å². The maximum Gasteiger partial charge on any atom is 0.306 e. The molecule has 23 heavy (non-hydrogen) atoms. The van der Waals surface area contributed by atoms with Gasteiger partial charge in [0.05, 0.1) is 13.0 Å². The molecular weight excluding hydrogens is 322 g/mol. The number of aryl methyl sites for hydroxylation is 1. The molecule has 0 radical (unpaired) electrons. The van der Waals surface area contributed by atoms with Gasteiger partial charge >= 0.3 is 5.97 Å². The van der Waals surface area contributed by atoms with E-state index in [1.807, 2.05) is 13.8 Å². The van der Waals surface area contributed by atoms with Crippen LogP contribution in [0.2, 0.25) is 0 Å². The largest absolute Gasteiger partial charge is 0.466 e. The number of sulfonamides is 1. The van der Waals surface area contributed by atoms with Gasteiger partial charge in [-0.3, -0.25) is 4.79 Å². The van der Waals surface area contributed by atoms with Crippen LogP contribution in [0.3, 0.4) is 0 Å². The highest BCUT2D eigenvalue weighted by Gasteiger charge is 2.49. The van der Waals surface area contributed by atoms with Gasteiger partial charge in [0.1, 0.15) is 5.69 Å². The monoisotopic (exact) mass is 345 g/mol. The van der Waals surface area contributed by atoms with Crippen molar-refractivity contribution in [1.82, 2.24) is 14.6 Å². The third kappa shape index (κ3) is 3.25. The molecule has 0 saturated carbocycles. The third-order valence-electron chi connectivity index (χ3n) is 4.43. The Morgan fingerprint density at radius 3 is 2.70 bits per heavy atom. The Hall–Kier alpha value is -1.48. The topological polar surface area (TPSA) is 103 Å². The van der Waals surface area contributed by atoms with E-state index >= 15 is 0 Å². The van der Waals surface area contributed by atoms with Crippen LogP contribution in [0.4, 0.5) is 0 Å². The summed E-state index contributed by atoms with van der Waals surface area (Å²) in [5.41, 5.74) is -0.398. The molecule has 0 aromatic carbocycles. The van der Waals surface area contributed by atoms with Gasteiger partial charge in [-0.05, 0) is 44.7 Å². The molecule has 0 N–H and O–H groups in total. The van der Waals surface area contributed by atoms with E-state index in [2.05, 4.69) is 14.9 Å². The number of aromatic nitrogens is 2. The molecule has 2 heterocycles. The molecule has 1 fully saturated rings. The minimum absolute atomic E-state index is 0.110. The predicted octanol–water partition coefficient (Wildman–Crippen LogP) is 1.37. The standard InChI is InChI=1S/C14H23N3O5S/c1-5-11-13(16-22-15-11)23(19,20)17-8-7-10(14(17,3)4)9-12(18)21-6-2/h10H,5-9H2,1-4H3. The first-order chi connectivity index (χ1) is 10.7. The lowest BCUT2D eigenvalue weighted by Crippen LogP contribution is -2.46. The molecule has 130 valence electrons. The van der Waals surface area contributed by atoms with Gasteiger partial charge < -0.3 is 4.74 Å². The fourth-order valence-corrected chi connectivity index (χ4v) is 4.97. The van der Waals surface area contributed by atoms with E-state index in [0.717, 1.165) is 0 Å².